The Kier molecular flexibility index (Phi) is 3.12. The summed E-state index contributed by atoms with van der Waals surface area (Å²) in [7, 11) is 0. The van der Waals surface area contributed by atoms with Crippen molar-refractivity contribution in [3.05, 3.63) is 59.8 Å². The Balaban J connectivity index is 1.84. The van der Waals surface area contributed by atoms with Crippen molar-refractivity contribution in [2.75, 3.05) is 5.32 Å². The third kappa shape index (κ3) is 2.46. The molecule has 6 heteroatoms. The predicted molar refractivity (Wildman–Crippen MR) is 77.4 cm³/mol. The highest BCUT2D eigenvalue weighted by Crippen LogP contribution is 2.17. The number of aromatic nitrogens is 2. The third-order valence-corrected chi connectivity index (χ3v) is 3.08. The van der Waals surface area contributed by atoms with Crippen molar-refractivity contribution in [3.63, 3.8) is 0 Å². The van der Waals surface area contributed by atoms with E-state index in [1.807, 2.05) is 18.2 Å². The molecule has 0 bridgehead atoms. The number of H-pyrrole nitrogens is 1. The lowest BCUT2D eigenvalue weighted by atomic mass is 10.2. The van der Waals surface area contributed by atoms with Gasteiger partial charge in [0.1, 0.15) is 0 Å². The van der Waals surface area contributed by atoms with Gasteiger partial charge in [-0.1, -0.05) is 18.2 Å². The number of nitrogens with one attached hydrogen (secondary N) is 2. The fourth-order valence-electron chi connectivity index (χ4n) is 2.02. The van der Waals surface area contributed by atoms with Crippen LogP contribution in [-0.2, 0) is 0 Å². The first kappa shape index (κ1) is 12.9. The van der Waals surface area contributed by atoms with Crippen LogP contribution in [0.15, 0.2) is 48.5 Å². The number of para-hydroxylation sites is 1. The summed E-state index contributed by atoms with van der Waals surface area (Å²) in [6.07, 6.45) is 0. The van der Waals surface area contributed by atoms with Gasteiger partial charge in [-0.3, -0.25) is 9.89 Å². The molecule has 0 saturated heterocycles. The van der Waals surface area contributed by atoms with Crippen molar-refractivity contribution < 1.29 is 14.7 Å². The number of nitrogens with zero attached hydrogens (tertiary/aromatic N) is 1. The van der Waals surface area contributed by atoms with Gasteiger partial charge in [0.15, 0.2) is 5.69 Å². The summed E-state index contributed by atoms with van der Waals surface area (Å²) in [6, 6.07) is 13.3. The lowest BCUT2D eigenvalue weighted by Gasteiger charge is -2.03. The van der Waals surface area contributed by atoms with Crippen molar-refractivity contribution >= 4 is 28.5 Å². The van der Waals surface area contributed by atoms with Crippen LogP contribution in [0.25, 0.3) is 10.9 Å². The Morgan fingerprint density at radius 2 is 1.76 bits per heavy atom. The van der Waals surface area contributed by atoms with Crippen LogP contribution in [0.3, 0.4) is 0 Å². The smallest absolute Gasteiger partial charge is 0.335 e. The van der Waals surface area contributed by atoms with Crippen molar-refractivity contribution in [1.82, 2.24) is 10.2 Å². The Morgan fingerprint density at radius 3 is 2.48 bits per heavy atom. The van der Waals surface area contributed by atoms with Crippen LogP contribution < -0.4 is 5.32 Å². The SMILES string of the molecule is O=C(O)c1ccc(NC(=O)c2n[nH]c3ccccc23)cc1. The number of amides is 1. The molecule has 0 atom stereocenters. The van der Waals surface area contributed by atoms with E-state index in [1.165, 1.54) is 24.3 Å². The number of fused-ring (bicyclic) bond motifs is 1. The average Bonchev–Trinajstić information content (AvgIpc) is 2.92. The molecule has 21 heavy (non-hydrogen) atoms. The van der Waals surface area contributed by atoms with Crippen LogP contribution in [0, 0.1) is 0 Å². The summed E-state index contributed by atoms with van der Waals surface area (Å²) in [5, 5.41) is 19.0. The molecule has 0 radical (unpaired) electrons. The molecule has 3 aromatic rings. The second-order valence-corrected chi connectivity index (χ2v) is 4.45. The quantitative estimate of drug-likeness (QED) is 0.687. The van der Waals surface area contributed by atoms with Gasteiger partial charge >= 0.3 is 5.97 Å². The Labute approximate surface area is 119 Å². The molecule has 0 aliphatic rings. The molecule has 2 aromatic carbocycles. The van der Waals surface area contributed by atoms with Gasteiger partial charge in [-0.15, -0.1) is 0 Å². The van der Waals surface area contributed by atoms with Crippen LogP contribution in [0.4, 0.5) is 5.69 Å². The van der Waals surface area contributed by atoms with Crippen LogP contribution in [0.2, 0.25) is 0 Å². The molecule has 0 unspecified atom stereocenters. The molecule has 1 amide bonds. The highest BCUT2D eigenvalue weighted by molar-refractivity contribution is 6.11. The van der Waals surface area contributed by atoms with Gasteiger partial charge in [0.2, 0.25) is 0 Å². The van der Waals surface area contributed by atoms with Gasteiger partial charge in [-0.05, 0) is 30.3 Å². The van der Waals surface area contributed by atoms with Gasteiger partial charge in [0.25, 0.3) is 5.91 Å². The summed E-state index contributed by atoms with van der Waals surface area (Å²) in [5.74, 6) is -1.36. The molecule has 0 saturated carbocycles. The van der Waals surface area contributed by atoms with Crippen molar-refractivity contribution in [3.8, 4) is 0 Å². The zero-order valence-corrected chi connectivity index (χ0v) is 10.8. The number of benzene rings is 2. The summed E-state index contributed by atoms with van der Waals surface area (Å²) in [6.45, 7) is 0. The van der Waals surface area contributed by atoms with E-state index in [4.69, 9.17) is 5.11 Å². The second-order valence-electron chi connectivity index (χ2n) is 4.45. The zero-order valence-electron chi connectivity index (χ0n) is 10.8. The number of hydrogen-bond donors (Lipinski definition) is 3. The molecule has 1 aromatic heterocycles. The average molecular weight is 281 g/mol. The number of carbonyl (C=O) groups is 2. The number of aromatic amines is 1. The molecule has 6 nitrogen and oxygen atoms in total. The standard InChI is InChI=1S/C15H11N3O3/c19-14(13-11-3-1-2-4-12(11)17-18-13)16-10-7-5-9(6-8-10)15(20)21/h1-8H,(H,16,19)(H,17,18)(H,20,21). The van der Waals surface area contributed by atoms with Crippen molar-refractivity contribution in [2.45, 2.75) is 0 Å². The molecule has 0 fully saturated rings. The molecule has 0 aliphatic heterocycles. The van der Waals surface area contributed by atoms with E-state index >= 15 is 0 Å². The van der Waals surface area contributed by atoms with E-state index < -0.39 is 5.97 Å². The molecular weight excluding hydrogens is 270 g/mol. The minimum Gasteiger partial charge on any atom is -0.478 e. The lowest BCUT2D eigenvalue weighted by molar-refractivity contribution is 0.0696. The largest absolute Gasteiger partial charge is 0.478 e. The molecule has 1 heterocycles. The van der Waals surface area contributed by atoms with E-state index in [-0.39, 0.29) is 11.5 Å². The monoisotopic (exact) mass is 281 g/mol. The molecule has 3 rings (SSSR count). The summed E-state index contributed by atoms with van der Waals surface area (Å²) in [5.41, 5.74) is 1.76. The number of carbonyl (C=O) groups excluding carboxylic acids is 1. The van der Waals surface area contributed by atoms with Gasteiger partial charge in [-0.2, -0.15) is 5.10 Å². The highest BCUT2D eigenvalue weighted by atomic mass is 16.4. The van der Waals surface area contributed by atoms with Crippen molar-refractivity contribution in [2.24, 2.45) is 0 Å². The number of carboxylic acid groups (broad SMARTS) is 1. The van der Waals surface area contributed by atoms with E-state index in [0.29, 0.717) is 11.4 Å². The van der Waals surface area contributed by atoms with Crippen LogP contribution >= 0.6 is 0 Å². The van der Waals surface area contributed by atoms with E-state index in [1.54, 1.807) is 6.07 Å². The molecule has 104 valence electrons. The maximum absolute atomic E-state index is 12.2. The first-order valence-electron chi connectivity index (χ1n) is 6.23. The Hall–Kier alpha value is -3.15. The fourth-order valence-corrected chi connectivity index (χ4v) is 2.02. The number of hydrogen-bond acceptors (Lipinski definition) is 3. The lowest BCUT2D eigenvalue weighted by Crippen LogP contribution is -2.12. The Morgan fingerprint density at radius 1 is 1.05 bits per heavy atom. The van der Waals surface area contributed by atoms with Crippen molar-refractivity contribution in [1.29, 1.82) is 0 Å². The van der Waals surface area contributed by atoms with E-state index in [9.17, 15) is 9.59 Å². The minimum atomic E-state index is -1.01. The maximum atomic E-state index is 12.2. The summed E-state index contributed by atoms with van der Waals surface area (Å²) in [4.78, 5) is 23.0. The van der Waals surface area contributed by atoms with Gasteiger partial charge in [0.05, 0.1) is 11.1 Å². The minimum absolute atomic E-state index is 0.165. The van der Waals surface area contributed by atoms with Crippen LogP contribution in [0.5, 0.6) is 0 Å². The number of rotatable bonds is 3. The predicted octanol–water partition coefficient (Wildman–Crippen LogP) is 2.51. The molecule has 3 N–H and O–H groups in total. The number of anilines is 1. The summed E-state index contributed by atoms with van der Waals surface area (Å²) >= 11 is 0. The molecule has 0 spiro atoms. The first-order valence-corrected chi connectivity index (χ1v) is 6.23. The first-order chi connectivity index (χ1) is 10.1. The molecule has 0 aliphatic carbocycles. The fraction of sp³-hybridized carbons (Fsp3) is 0. The highest BCUT2D eigenvalue weighted by Gasteiger charge is 2.14. The number of aromatic carboxylic acids is 1. The van der Waals surface area contributed by atoms with E-state index in [0.717, 1.165) is 10.9 Å². The summed E-state index contributed by atoms with van der Waals surface area (Å²) < 4.78 is 0. The van der Waals surface area contributed by atoms with Crippen LogP contribution in [-0.4, -0.2) is 27.2 Å². The molecular formula is C15H11N3O3. The maximum Gasteiger partial charge on any atom is 0.335 e. The normalized spacial score (nSPS) is 10.5. The van der Waals surface area contributed by atoms with Gasteiger partial charge in [-0.25, -0.2) is 4.79 Å². The topological polar surface area (TPSA) is 95.1 Å². The zero-order chi connectivity index (χ0) is 14.8. The van der Waals surface area contributed by atoms with Gasteiger partial charge < -0.3 is 10.4 Å². The Bertz CT molecular complexity index is 822. The third-order valence-electron chi connectivity index (χ3n) is 3.08. The van der Waals surface area contributed by atoms with Gasteiger partial charge in [0, 0.05) is 11.1 Å². The number of carboxylic acids is 1. The van der Waals surface area contributed by atoms with Crippen LogP contribution in [0.1, 0.15) is 20.8 Å². The van der Waals surface area contributed by atoms with E-state index in [2.05, 4.69) is 15.5 Å². The second kappa shape index (κ2) is 5.09.